The highest BCUT2D eigenvalue weighted by Gasteiger charge is 2.20. The van der Waals surface area contributed by atoms with Crippen molar-refractivity contribution in [3.05, 3.63) is 54.2 Å². The summed E-state index contributed by atoms with van der Waals surface area (Å²) in [6, 6.07) is 13.2. The van der Waals surface area contributed by atoms with Crippen molar-refractivity contribution in [1.29, 1.82) is 0 Å². The van der Waals surface area contributed by atoms with Crippen molar-refractivity contribution in [2.24, 2.45) is 0 Å². The van der Waals surface area contributed by atoms with E-state index in [4.69, 9.17) is 9.47 Å². The molecule has 1 aliphatic rings. The van der Waals surface area contributed by atoms with Crippen LogP contribution in [-0.2, 0) is 4.74 Å². The number of hydrogen-bond acceptors (Lipinski definition) is 4. The monoisotopic (exact) mass is 340 g/mol. The Morgan fingerprint density at radius 1 is 1.32 bits per heavy atom. The van der Waals surface area contributed by atoms with Gasteiger partial charge >= 0.3 is 0 Å². The molecule has 2 aromatic rings. The van der Waals surface area contributed by atoms with Crippen LogP contribution in [0.5, 0.6) is 5.88 Å². The lowest BCUT2D eigenvalue weighted by Gasteiger charge is -2.23. The normalized spacial score (nSPS) is 16.6. The number of ether oxygens (including phenoxy) is 2. The number of carbonyl (C=O) groups excluding carboxylic acids is 1. The molecule has 3 rings (SSSR count). The Hall–Kier alpha value is -2.40. The minimum atomic E-state index is -0.0328. The highest BCUT2D eigenvalue weighted by atomic mass is 16.5. The van der Waals surface area contributed by atoms with E-state index in [0.29, 0.717) is 31.2 Å². The summed E-state index contributed by atoms with van der Waals surface area (Å²) in [4.78, 5) is 19.1. The van der Waals surface area contributed by atoms with E-state index in [9.17, 15) is 4.79 Å². The quantitative estimate of drug-likeness (QED) is 0.771. The van der Waals surface area contributed by atoms with Gasteiger partial charge in [0.25, 0.3) is 5.91 Å². The van der Waals surface area contributed by atoms with Gasteiger partial charge in [-0.25, -0.2) is 4.98 Å². The Morgan fingerprint density at radius 3 is 2.88 bits per heavy atom. The molecular formula is C20H24N2O3. The second-order valence-corrected chi connectivity index (χ2v) is 6.13. The van der Waals surface area contributed by atoms with Crippen molar-refractivity contribution < 1.29 is 14.3 Å². The van der Waals surface area contributed by atoms with Crippen molar-refractivity contribution in [1.82, 2.24) is 4.98 Å². The first-order chi connectivity index (χ1) is 12.3. The third-order valence-electron chi connectivity index (χ3n) is 4.21. The first kappa shape index (κ1) is 17.4. The zero-order valence-electron chi connectivity index (χ0n) is 14.6. The molecule has 1 aromatic carbocycles. The van der Waals surface area contributed by atoms with Gasteiger partial charge in [-0.05, 0) is 24.6 Å². The van der Waals surface area contributed by atoms with Gasteiger partial charge in [0, 0.05) is 36.5 Å². The van der Waals surface area contributed by atoms with Crippen LogP contribution >= 0.6 is 0 Å². The maximum atomic E-state index is 13.1. The van der Waals surface area contributed by atoms with E-state index < -0.39 is 0 Å². The summed E-state index contributed by atoms with van der Waals surface area (Å²) in [6.45, 7) is 4.10. The molecule has 1 atom stereocenters. The summed E-state index contributed by atoms with van der Waals surface area (Å²) < 4.78 is 11.1. The van der Waals surface area contributed by atoms with Gasteiger partial charge in [0.2, 0.25) is 5.88 Å². The first-order valence-electron chi connectivity index (χ1n) is 8.85. The van der Waals surface area contributed by atoms with Gasteiger partial charge in [0.15, 0.2) is 0 Å². The van der Waals surface area contributed by atoms with Crippen LogP contribution in [0.25, 0.3) is 0 Å². The van der Waals surface area contributed by atoms with Crippen LogP contribution in [0.4, 0.5) is 5.69 Å². The van der Waals surface area contributed by atoms with Crippen LogP contribution in [0, 0.1) is 0 Å². The van der Waals surface area contributed by atoms with Crippen LogP contribution < -0.4 is 9.64 Å². The van der Waals surface area contributed by atoms with E-state index in [0.717, 1.165) is 24.9 Å². The molecule has 0 aliphatic carbocycles. The van der Waals surface area contributed by atoms with Crippen molar-refractivity contribution in [2.75, 3.05) is 24.7 Å². The van der Waals surface area contributed by atoms with Crippen LogP contribution in [0.15, 0.2) is 48.7 Å². The fraction of sp³-hybridized carbons (Fsp3) is 0.400. The molecule has 0 saturated carbocycles. The summed E-state index contributed by atoms with van der Waals surface area (Å²) in [5.74, 6) is 0.444. The summed E-state index contributed by atoms with van der Waals surface area (Å²) in [7, 11) is 0. The minimum Gasteiger partial charge on any atom is -0.472 e. The highest BCUT2D eigenvalue weighted by Crippen LogP contribution is 2.20. The molecule has 0 bridgehead atoms. The summed E-state index contributed by atoms with van der Waals surface area (Å²) in [6.07, 6.45) is 4.48. The summed E-state index contributed by atoms with van der Waals surface area (Å²) >= 11 is 0. The van der Waals surface area contributed by atoms with E-state index in [1.807, 2.05) is 35.2 Å². The molecule has 1 unspecified atom stereocenters. The molecule has 1 amide bonds. The number of carbonyl (C=O) groups is 1. The van der Waals surface area contributed by atoms with Gasteiger partial charge in [-0.3, -0.25) is 4.79 Å². The van der Waals surface area contributed by atoms with Gasteiger partial charge in [-0.15, -0.1) is 0 Å². The lowest BCUT2D eigenvalue weighted by molar-refractivity contribution is 0.0985. The third-order valence-corrected chi connectivity index (χ3v) is 4.21. The fourth-order valence-electron chi connectivity index (χ4n) is 2.81. The van der Waals surface area contributed by atoms with E-state index in [-0.39, 0.29) is 12.0 Å². The molecule has 5 nitrogen and oxygen atoms in total. The van der Waals surface area contributed by atoms with E-state index in [1.165, 1.54) is 0 Å². The van der Waals surface area contributed by atoms with Crippen LogP contribution in [-0.4, -0.2) is 36.8 Å². The van der Waals surface area contributed by atoms with E-state index in [2.05, 4.69) is 11.9 Å². The molecule has 1 aliphatic heterocycles. The standard InChI is InChI=1S/C20H24N2O3/c1-2-3-12-22(17-7-5-4-6-8-17)20(23)16-9-11-21-19(14-16)25-18-10-13-24-15-18/h4-9,11,14,18H,2-3,10,12-13,15H2,1H3. The smallest absolute Gasteiger partial charge is 0.258 e. The van der Waals surface area contributed by atoms with Gasteiger partial charge < -0.3 is 14.4 Å². The second-order valence-electron chi connectivity index (χ2n) is 6.13. The average Bonchev–Trinajstić information content (AvgIpc) is 3.16. The number of unbranched alkanes of at least 4 members (excludes halogenated alkanes) is 1. The van der Waals surface area contributed by atoms with Crippen LogP contribution in [0.3, 0.4) is 0 Å². The summed E-state index contributed by atoms with van der Waals surface area (Å²) in [5, 5.41) is 0. The topological polar surface area (TPSA) is 51.7 Å². The maximum Gasteiger partial charge on any atom is 0.258 e. The van der Waals surface area contributed by atoms with Gasteiger partial charge in [-0.1, -0.05) is 31.5 Å². The summed E-state index contributed by atoms with van der Waals surface area (Å²) in [5.41, 5.74) is 1.49. The predicted octanol–water partition coefficient (Wildman–Crippen LogP) is 3.70. The molecule has 0 N–H and O–H groups in total. The van der Waals surface area contributed by atoms with Crippen LogP contribution in [0.1, 0.15) is 36.5 Å². The molecule has 25 heavy (non-hydrogen) atoms. The number of anilines is 1. The van der Waals surface area contributed by atoms with Crippen LogP contribution in [0.2, 0.25) is 0 Å². The highest BCUT2D eigenvalue weighted by molar-refractivity contribution is 6.06. The number of nitrogens with zero attached hydrogens (tertiary/aromatic N) is 2. The lowest BCUT2D eigenvalue weighted by Crippen LogP contribution is -2.32. The molecule has 5 heteroatoms. The molecule has 0 spiro atoms. The van der Waals surface area contributed by atoms with Gasteiger partial charge in [0.1, 0.15) is 6.10 Å². The Labute approximate surface area is 148 Å². The second kappa shape index (κ2) is 8.62. The van der Waals surface area contributed by atoms with Crippen molar-refractivity contribution >= 4 is 11.6 Å². The molecule has 2 heterocycles. The Kier molecular flexibility index (Phi) is 6.01. The van der Waals surface area contributed by atoms with E-state index in [1.54, 1.807) is 18.3 Å². The minimum absolute atomic E-state index is 0.0168. The molecule has 132 valence electrons. The Morgan fingerprint density at radius 2 is 2.16 bits per heavy atom. The number of amides is 1. The van der Waals surface area contributed by atoms with Crippen molar-refractivity contribution in [2.45, 2.75) is 32.3 Å². The SMILES string of the molecule is CCCCN(C(=O)c1ccnc(OC2CCOC2)c1)c1ccccc1. The molecule has 0 radical (unpaired) electrons. The van der Waals surface area contributed by atoms with Gasteiger partial charge in [0.05, 0.1) is 13.2 Å². The Balaban J connectivity index is 1.78. The Bertz CT molecular complexity index is 684. The van der Waals surface area contributed by atoms with E-state index >= 15 is 0 Å². The lowest BCUT2D eigenvalue weighted by atomic mass is 10.2. The largest absolute Gasteiger partial charge is 0.472 e. The first-order valence-corrected chi connectivity index (χ1v) is 8.85. The number of rotatable bonds is 7. The number of aromatic nitrogens is 1. The van der Waals surface area contributed by atoms with Crippen molar-refractivity contribution in [3.8, 4) is 5.88 Å². The number of pyridine rings is 1. The average molecular weight is 340 g/mol. The number of para-hydroxylation sites is 1. The molecule has 1 fully saturated rings. The zero-order chi connectivity index (χ0) is 17.5. The van der Waals surface area contributed by atoms with Gasteiger partial charge in [-0.2, -0.15) is 0 Å². The molecule has 1 aromatic heterocycles. The number of hydrogen-bond donors (Lipinski definition) is 0. The van der Waals surface area contributed by atoms with Crippen molar-refractivity contribution in [3.63, 3.8) is 0 Å². The third kappa shape index (κ3) is 4.57. The molecule has 1 saturated heterocycles. The zero-order valence-corrected chi connectivity index (χ0v) is 14.6. The maximum absolute atomic E-state index is 13.1. The fourth-order valence-corrected chi connectivity index (χ4v) is 2.81. The predicted molar refractivity (Wildman–Crippen MR) is 97.1 cm³/mol. The molecular weight excluding hydrogens is 316 g/mol. The number of benzene rings is 1.